The second-order valence-electron chi connectivity index (χ2n) is 3.00. The van der Waals surface area contributed by atoms with Crippen molar-refractivity contribution in [2.75, 3.05) is 5.32 Å². The Bertz CT molecular complexity index is 443. The van der Waals surface area contributed by atoms with Gasteiger partial charge < -0.3 is 11.1 Å². The molecule has 1 aromatic rings. The summed E-state index contributed by atoms with van der Waals surface area (Å²) in [6.07, 6.45) is 1.11. The van der Waals surface area contributed by atoms with Gasteiger partial charge in [0.25, 0.3) is 5.69 Å². The Kier molecular flexibility index (Phi) is 3.73. The van der Waals surface area contributed by atoms with E-state index in [2.05, 4.69) is 11.9 Å². The number of amides is 1. The largest absolute Gasteiger partial charge is 0.326 e. The standard InChI is InChI=1S/C10H11N3O3/c1-2-10(14)12-9-4-3-8(13(15)16)5-7(9)6-11/h2-5H,1,6,11H2,(H,12,14). The molecule has 0 radical (unpaired) electrons. The first-order valence-corrected chi connectivity index (χ1v) is 4.49. The summed E-state index contributed by atoms with van der Waals surface area (Å²) in [5, 5.41) is 13.0. The molecule has 0 heterocycles. The number of nitrogens with two attached hydrogens (primary N) is 1. The second kappa shape index (κ2) is 5.04. The number of carbonyl (C=O) groups is 1. The number of anilines is 1. The van der Waals surface area contributed by atoms with Gasteiger partial charge in [-0.1, -0.05) is 6.58 Å². The quantitative estimate of drug-likeness (QED) is 0.453. The minimum Gasteiger partial charge on any atom is -0.326 e. The molecule has 0 atom stereocenters. The minimum absolute atomic E-state index is 0.0583. The molecule has 0 aliphatic heterocycles. The van der Waals surface area contributed by atoms with Gasteiger partial charge in [0.05, 0.1) is 4.92 Å². The van der Waals surface area contributed by atoms with Gasteiger partial charge >= 0.3 is 0 Å². The predicted octanol–water partition coefficient (Wildman–Crippen LogP) is 1.18. The van der Waals surface area contributed by atoms with Crippen molar-refractivity contribution in [1.82, 2.24) is 0 Å². The Labute approximate surface area is 91.9 Å². The summed E-state index contributed by atoms with van der Waals surface area (Å²) in [6.45, 7) is 3.41. The number of nitrogens with one attached hydrogen (secondary N) is 1. The zero-order valence-corrected chi connectivity index (χ0v) is 8.47. The van der Waals surface area contributed by atoms with Crippen LogP contribution in [0, 0.1) is 10.1 Å². The molecule has 0 aliphatic rings. The Morgan fingerprint density at radius 2 is 2.31 bits per heavy atom. The molecule has 16 heavy (non-hydrogen) atoms. The fourth-order valence-electron chi connectivity index (χ4n) is 1.17. The van der Waals surface area contributed by atoms with Crippen LogP contribution < -0.4 is 11.1 Å². The van der Waals surface area contributed by atoms with Crippen molar-refractivity contribution >= 4 is 17.3 Å². The molecule has 0 saturated heterocycles. The van der Waals surface area contributed by atoms with Gasteiger partial charge in [0.1, 0.15) is 0 Å². The molecule has 3 N–H and O–H groups in total. The van der Waals surface area contributed by atoms with Crippen molar-refractivity contribution in [3.63, 3.8) is 0 Å². The van der Waals surface area contributed by atoms with Crippen LogP contribution >= 0.6 is 0 Å². The van der Waals surface area contributed by atoms with Crippen molar-refractivity contribution in [3.8, 4) is 0 Å². The van der Waals surface area contributed by atoms with E-state index < -0.39 is 4.92 Å². The van der Waals surface area contributed by atoms with Gasteiger partial charge in [0.15, 0.2) is 0 Å². The summed E-state index contributed by atoms with van der Waals surface area (Å²) in [7, 11) is 0. The smallest absolute Gasteiger partial charge is 0.269 e. The molecule has 1 amide bonds. The van der Waals surface area contributed by atoms with E-state index in [0.29, 0.717) is 11.3 Å². The number of nitro groups is 1. The molecule has 84 valence electrons. The normalized spacial score (nSPS) is 9.56. The van der Waals surface area contributed by atoms with Gasteiger partial charge in [-0.15, -0.1) is 0 Å². The van der Waals surface area contributed by atoms with Crippen LogP contribution in [0.5, 0.6) is 0 Å². The first-order chi connectivity index (χ1) is 7.58. The van der Waals surface area contributed by atoms with E-state index in [1.165, 1.54) is 18.2 Å². The van der Waals surface area contributed by atoms with E-state index in [9.17, 15) is 14.9 Å². The molecule has 6 nitrogen and oxygen atoms in total. The number of nitrogens with zero attached hydrogens (tertiary/aromatic N) is 1. The van der Waals surface area contributed by atoms with E-state index in [4.69, 9.17) is 5.73 Å². The zero-order chi connectivity index (χ0) is 12.1. The molecule has 1 aromatic carbocycles. The van der Waals surface area contributed by atoms with Gasteiger partial charge in [-0.3, -0.25) is 14.9 Å². The van der Waals surface area contributed by atoms with Crippen molar-refractivity contribution in [2.45, 2.75) is 6.54 Å². The van der Waals surface area contributed by atoms with Gasteiger partial charge in [0, 0.05) is 24.4 Å². The molecule has 0 spiro atoms. The Balaban J connectivity index is 3.06. The summed E-state index contributed by atoms with van der Waals surface area (Å²) in [5.41, 5.74) is 6.34. The third kappa shape index (κ3) is 2.64. The van der Waals surface area contributed by atoms with Crippen LogP contribution in [0.1, 0.15) is 5.56 Å². The number of carbonyl (C=O) groups excluding carboxylic acids is 1. The molecule has 0 fully saturated rings. The van der Waals surface area contributed by atoms with Crippen LogP contribution in [-0.4, -0.2) is 10.8 Å². The van der Waals surface area contributed by atoms with Gasteiger partial charge in [0.2, 0.25) is 5.91 Å². The van der Waals surface area contributed by atoms with Crippen molar-refractivity contribution in [2.24, 2.45) is 5.73 Å². The van der Waals surface area contributed by atoms with Crippen LogP contribution in [0.4, 0.5) is 11.4 Å². The summed E-state index contributed by atoms with van der Waals surface area (Å²) < 4.78 is 0. The Morgan fingerprint density at radius 1 is 1.62 bits per heavy atom. The topological polar surface area (TPSA) is 98.3 Å². The summed E-state index contributed by atoms with van der Waals surface area (Å²) in [5.74, 6) is -0.386. The third-order valence-corrected chi connectivity index (χ3v) is 1.96. The minimum atomic E-state index is -0.516. The fraction of sp³-hybridized carbons (Fsp3) is 0.100. The maximum atomic E-state index is 11.1. The first kappa shape index (κ1) is 11.9. The third-order valence-electron chi connectivity index (χ3n) is 1.96. The maximum absolute atomic E-state index is 11.1. The van der Waals surface area contributed by atoms with E-state index in [1.54, 1.807) is 0 Å². The molecule has 0 aliphatic carbocycles. The van der Waals surface area contributed by atoms with Crippen molar-refractivity contribution in [3.05, 3.63) is 46.5 Å². The lowest BCUT2D eigenvalue weighted by molar-refractivity contribution is -0.384. The van der Waals surface area contributed by atoms with Crippen molar-refractivity contribution in [1.29, 1.82) is 0 Å². The average molecular weight is 221 g/mol. The Hall–Kier alpha value is -2.21. The van der Waals surface area contributed by atoms with E-state index in [1.807, 2.05) is 0 Å². The zero-order valence-electron chi connectivity index (χ0n) is 8.47. The molecule has 0 unspecified atom stereocenters. The lowest BCUT2D eigenvalue weighted by Crippen LogP contribution is -2.11. The second-order valence-corrected chi connectivity index (χ2v) is 3.00. The van der Waals surface area contributed by atoms with Crippen LogP contribution in [0.3, 0.4) is 0 Å². The number of hydrogen-bond acceptors (Lipinski definition) is 4. The van der Waals surface area contributed by atoms with Crippen LogP contribution in [0.2, 0.25) is 0 Å². The lowest BCUT2D eigenvalue weighted by atomic mass is 10.1. The highest BCUT2D eigenvalue weighted by molar-refractivity contribution is 5.99. The molecule has 0 aromatic heterocycles. The average Bonchev–Trinajstić information content (AvgIpc) is 2.29. The van der Waals surface area contributed by atoms with E-state index in [0.717, 1.165) is 6.08 Å². The molecule has 0 bridgehead atoms. The molecular formula is C10H11N3O3. The molecule has 1 rings (SSSR count). The van der Waals surface area contributed by atoms with Gasteiger partial charge in [-0.2, -0.15) is 0 Å². The SMILES string of the molecule is C=CC(=O)Nc1ccc([N+](=O)[O-])cc1CN. The summed E-state index contributed by atoms with van der Waals surface area (Å²) in [6, 6.07) is 4.08. The predicted molar refractivity (Wildman–Crippen MR) is 59.8 cm³/mol. The Morgan fingerprint density at radius 3 is 2.81 bits per heavy atom. The van der Waals surface area contributed by atoms with E-state index in [-0.39, 0.29) is 18.1 Å². The summed E-state index contributed by atoms with van der Waals surface area (Å²) >= 11 is 0. The highest BCUT2D eigenvalue weighted by atomic mass is 16.6. The molecular weight excluding hydrogens is 210 g/mol. The lowest BCUT2D eigenvalue weighted by Gasteiger charge is -2.07. The number of benzene rings is 1. The molecule has 6 heteroatoms. The maximum Gasteiger partial charge on any atom is 0.269 e. The van der Waals surface area contributed by atoms with Gasteiger partial charge in [-0.25, -0.2) is 0 Å². The van der Waals surface area contributed by atoms with Crippen LogP contribution in [0.25, 0.3) is 0 Å². The van der Waals surface area contributed by atoms with Crippen LogP contribution in [-0.2, 0) is 11.3 Å². The highest BCUT2D eigenvalue weighted by Crippen LogP contribution is 2.21. The van der Waals surface area contributed by atoms with Gasteiger partial charge in [-0.05, 0) is 17.7 Å². The summed E-state index contributed by atoms with van der Waals surface area (Å²) in [4.78, 5) is 21.1. The number of non-ortho nitro benzene ring substituents is 1. The number of nitro benzene ring substituents is 1. The fourth-order valence-corrected chi connectivity index (χ4v) is 1.17. The number of rotatable bonds is 4. The monoisotopic (exact) mass is 221 g/mol. The number of hydrogen-bond donors (Lipinski definition) is 2. The molecule has 0 saturated carbocycles. The van der Waals surface area contributed by atoms with E-state index >= 15 is 0 Å². The first-order valence-electron chi connectivity index (χ1n) is 4.49. The van der Waals surface area contributed by atoms with Crippen molar-refractivity contribution < 1.29 is 9.72 Å². The van der Waals surface area contributed by atoms with Crippen LogP contribution in [0.15, 0.2) is 30.9 Å². The highest BCUT2D eigenvalue weighted by Gasteiger charge is 2.10.